The number of ether oxygens (including phenoxy) is 4. The number of aromatic amines is 1. The lowest BCUT2D eigenvalue weighted by Gasteiger charge is -2.22. The van der Waals surface area contributed by atoms with E-state index in [9.17, 15) is 18.8 Å². The fourth-order valence-electron chi connectivity index (χ4n) is 2.88. The Bertz CT molecular complexity index is 918. The zero-order chi connectivity index (χ0) is 20.4. The van der Waals surface area contributed by atoms with Gasteiger partial charge in [-0.15, -0.1) is 0 Å². The highest BCUT2D eigenvalue weighted by atomic mass is 19.1. The van der Waals surface area contributed by atoms with Crippen molar-refractivity contribution in [2.24, 2.45) is 0 Å². The maximum absolute atomic E-state index is 13.2. The van der Waals surface area contributed by atoms with Crippen LogP contribution in [0.4, 0.5) is 4.39 Å². The summed E-state index contributed by atoms with van der Waals surface area (Å²) in [6, 6.07) is 0. The highest BCUT2D eigenvalue weighted by Crippen LogP contribution is 2.37. The Morgan fingerprint density at radius 1 is 1.11 bits per heavy atom. The van der Waals surface area contributed by atoms with Gasteiger partial charge in [0.2, 0.25) is 0 Å². The van der Waals surface area contributed by atoms with Gasteiger partial charge in [0.25, 0.3) is 0 Å². The molecule has 4 atom stereocenters. The number of H-pyrrole nitrogens is 1. The van der Waals surface area contributed by atoms with Crippen LogP contribution < -0.4 is 0 Å². The van der Waals surface area contributed by atoms with E-state index >= 15 is 0 Å². The normalized spacial score (nSPS) is 24.1. The summed E-state index contributed by atoms with van der Waals surface area (Å²) < 4.78 is 34.6. The van der Waals surface area contributed by atoms with Gasteiger partial charge in [0.05, 0.1) is 6.20 Å². The summed E-state index contributed by atoms with van der Waals surface area (Å²) in [5, 5.41) is 0. The molecule has 1 unspecified atom stereocenters. The SMILES string of the molecule is CC(=O)OC[C@H]1OC(c2nc3nc(F)ncc3[nH]2)[C@@H](OC(C)=O)[C@@H]1OC(C)=O. The topological polar surface area (TPSA) is 143 Å². The van der Waals surface area contributed by atoms with Gasteiger partial charge in [-0.05, 0) is 0 Å². The fraction of sp³-hybridized carbons (Fsp3) is 0.500. The second-order valence-corrected chi connectivity index (χ2v) is 6.04. The first-order valence-electron chi connectivity index (χ1n) is 8.26. The first-order valence-corrected chi connectivity index (χ1v) is 8.26. The first-order chi connectivity index (χ1) is 13.2. The number of hydrogen-bond acceptors (Lipinski definition) is 10. The smallest absolute Gasteiger partial charge is 0.310 e. The molecule has 3 rings (SSSR count). The summed E-state index contributed by atoms with van der Waals surface area (Å²) >= 11 is 0. The molecule has 0 bridgehead atoms. The highest BCUT2D eigenvalue weighted by molar-refractivity contribution is 5.69. The quantitative estimate of drug-likeness (QED) is 0.427. The van der Waals surface area contributed by atoms with Crippen molar-refractivity contribution in [1.29, 1.82) is 0 Å². The Labute approximate surface area is 157 Å². The number of halogens is 1. The van der Waals surface area contributed by atoms with Crippen LogP contribution >= 0.6 is 0 Å². The van der Waals surface area contributed by atoms with Gasteiger partial charge in [-0.1, -0.05) is 0 Å². The van der Waals surface area contributed by atoms with Crippen LogP contribution in [0.3, 0.4) is 0 Å². The van der Waals surface area contributed by atoms with Crippen molar-refractivity contribution in [2.45, 2.75) is 45.2 Å². The number of carbonyl (C=O) groups is 3. The maximum atomic E-state index is 13.2. The average molecular weight is 396 g/mol. The Hall–Kier alpha value is -3.15. The maximum Gasteiger partial charge on any atom is 0.310 e. The highest BCUT2D eigenvalue weighted by Gasteiger charge is 2.51. The number of esters is 3. The number of hydrogen-bond donors (Lipinski definition) is 1. The number of aromatic nitrogens is 4. The van der Waals surface area contributed by atoms with Crippen LogP contribution in [0.1, 0.15) is 32.7 Å². The number of rotatable bonds is 5. The lowest BCUT2D eigenvalue weighted by atomic mass is 10.1. The molecule has 1 N–H and O–H groups in total. The zero-order valence-corrected chi connectivity index (χ0v) is 15.2. The first kappa shape index (κ1) is 19.6. The van der Waals surface area contributed by atoms with Crippen LogP contribution in [0.15, 0.2) is 6.20 Å². The minimum absolute atomic E-state index is 0.0418. The molecular formula is C16H17FN4O7. The lowest BCUT2D eigenvalue weighted by molar-refractivity contribution is -0.165. The van der Waals surface area contributed by atoms with Gasteiger partial charge >= 0.3 is 24.0 Å². The molecule has 0 spiro atoms. The average Bonchev–Trinajstić information content (AvgIpc) is 3.14. The second kappa shape index (κ2) is 7.84. The molecule has 150 valence electrons. The number of carbonyl (C=O) groups excluding carboxylic acids is 3. The molecule has 2 aromatic rings. The molecule has 1 aliphatic heterocycles. The van der Waals surface area contributed by atoms with Crippen LogP contribution in [-0.2, 0) is 33.3 Å². The third-order valence-corrected chi connectivity index (χ3v) is 3.86. The minimum Gasteiger partial charge on any atom is -0.463 e. The largest absolute Gasteiger partial charge is 0.463 e. The second-order valence-electron chi connectivity index (χ2n) is 6.04. The van der Waals surface area contributed by atoms with E-state index in [-0.39, 0.29) is 18.1 Å². The van der Waals surface area contributed by atoms with Crippen molar-refractivity contribution in [3.05, 3.63) is 18.1 Å². The van der Waals surface area contributed by atoms with Crippen molar-refractivity contribution in [1.82, 2.24) is 19.9 Å². The molecule has 11 nitrogen and oxygen atoms in total. The Kier molecular flexibility index (Phi) is 5.49. The molecule has 28 heavy (non-hydrogen) atoms. The summed E-state index contributed by atoms with van der Waals surface area (Å²) in [5.41, 5.74) is 0.370. The van der Waals surface area contributed by atoms with E-state index in [4.69, 9.17) is 18.9 Å². The van der Waals surface area contributed by atoms with E-state index in [1.54, 1.807) is 0 Å². The Morgan fingerprint density at radius 3 is 2.43 bits per heavy atom. The van der Waals surface area contributed by atoms with Gasteiger partial charge in [0, 0.05) is 20.8 Å². The summed E-state index contributed by atoms with van der Waals surface area (Å²) in [5.74, 6) is -1.70. The molecule has 0 aliphatic carbocycles. The molecule has 3 heterocycles. The molecule has 1 saturated heterocycles. The Morgan fingerprint density at radius 2 is 1.79 bits per heavy atom. The summed E-state index contributed by atoms with van der Waals surface area (Å²) in [4.78, 5) is 48.3. The zero-order valence-electron chi connectivity index (χ0n) is 15.2. The summed E-state index contributed by atoms with van der Waals surface area (Å²) in [6.07, 6.45) is -3.82. The van der Waals surface area contributed by atoms with E-state index < -0.39 is 48.4 Å². The van der Waals surface area contributed by atoms with Crippen molar-refractivity contribution < 1.29 is 37.7 Å². The molecule has 0 radical (unpaired) electrons. The van der Waals surface area contributed by atoms with Gasteiger partial charge < -0.3 is 23.9 Å². The van der Waals surface area contributed by atoms with Crippen molar-refractivity contribution in [3.63, 3.8) is 0 Å². The van der Waals surface area contributed by atoms with Crippen molar-refractivity contribution in [2.75, 3.05) is 6.61 Å². The standard InChI is InChI=1S/C16H17FN4O7/c1-6(22)25-5-10-11(26-7(2)23)12(27-8(3)24)13(28-10)15-19-9-4-18-16(17)21-14(9)20-15/h4,10-13H,5H2,1-3H3,(H,18,19,20,21)/t10-,11-,12+,13?/m1/s1. The van der Waals surface area contributed by atoms with Crippen molar-refractivity contribution in [3.8, 4) is 0 Å². The van der Waals surface area contributed by atoms with E-state index in [1.807, 2.05) is 0 Å². The van der Waals surface area contributed by atoms with Crippen molar-refractivity contribution >= 4 is 29.1 Å². The summed E-state index contributed by atoms with van der Waals surface area (Å²) in [6.45, 7) is 3.33. The van der Waals surface area contributed by atoms with E-state index in [0.29, 0.717) is 5.52 Å². The number of fused-ring (bicyclic) bond motifs is 1. The molecule has 1 aliphatic rings. The van der Waals surface area contributed by atoms with Gasteiger partial charge in [-0.2, -0.15) is 9.37 Å². The van der Waals surface area contributed by atoms with Crippen LogP contribution in [0.2, 0.25) is 0 Å². The number of nitrogens with one attached hydrogen (secondary N) is 1. The van der Waals surface area contributed by atoms with Gasteiger partial charge in [0.15, 0.2) is 24.0 Å². The molecule has 2 aromatic heterocycles. The monoisotopic (exact) mass is 396 g/mol. The number of nitrogens with zero attached hydrogens (tertiary/aromatic N) is 3. The molecule has 12 heteroatoms. The lowest BCUT2D eigenvalue weighted by Crippen LogP contribution is -2.40. The predicted octanol–water partition coefficient (Wildman–Crippen LogP) is 0.358. The van der Waals surface area contributed by atoms with E-state index in [2.05, 4.69) is 19.9 Å². The summed E-state index contributed by atoms with van der Waals surface area (Å²) in [7, 11) is 0. The van der Waals surface area contributed by atoms with Gasteiger partial charge in [0.1, 0.15) is 24.1 Å². The molecule has 0 aromatic carbocycles. The molecule has 0 saturated carbocycles. The number of imidazole rings is 1. The molecule has 1 fully saturated rings. The van der Waals surface area contributed by atoms with Crippen LogP contribution in [0.5, 0.6) is 0 Å². The third kappa shape index (κ3) is 4.22. The van der Waals surface area contributed by atoms with E-state index in [0.717, 1.165) is 0 Å². The van der Waals surface area contributed by atoms with Gasteiger partial charge in [-0.3, -0.25) is 14.4 Å². The molecular weight excluding hydrogens is 379 g/mol. The Balaban J connectivity index is 1.96. The van der Waals surface area contributed by atoms with Crippen LogP contribution in [0, 0.1) is 6.08 Å². The fourth-order valence-corrected chi connectivity index (χ4v) is 2.88. The third-order valence-electron chi connectivity index (χ3n) is 3.86. The minimum atomic E-state index is -1.08. The van der Waals surface area contributed by atoms with Crippen LogP contribution in [-0.4, -0.2) is 62.8 Å². The van der Waals surface area contributed by atoms with Crippen LogP contribution in [0.25, 0.3) is 11.2 Å². The predicted molar refractivity (Wildman–Crippen MR) is 87.0 cm³/mol. The molecule has 0 amide bonds. The van der Waals surface area contributed by atoms with Gasteiger partial charge in [-0.25, -0.2) is 9.97 Å². The van der Waals surface area contributed by atoms with E-state index in [1.165, 1.54) is 27.0 Å².